The first-order valence-corrected chi connectivity index (χ1v) is 7.50. The van der Waals surface area contributed by atoms with Gasteiger partial charge in [-0.05, 0) is 31.0 Å². The second-order valence-electron chi connectivity index (χ2n) is 5.83. The lowest BCUT2D eigenvalue weighted by Crippen LogP contribution is -2.42. The molecule has 122 valence electrons. The molecule has 1 saturated heterocycles. The van der Waals surface area contributed by atoms with Crippen LogP contribution in [0, 0.1) is 0 Å². The van der Waals surface area contributed by atoms with Crippen LogP contribution >= 0.6 is 11.6 Å². The molecule has 1 heterocycles. The van der Waals surface area contributed by atoms with Crippen LogP contribution in [0.25, 0.3) is 0 Å². The zero-order valence-electron chi connectivity index (χ0n) is 11.8. The minimum absolute atomic E-state index is 0.122. The van der Waals surface area contributed by atoms with Crippen molar-refractivity contribution in [1.82, 2.24) is 0 Å². The van der Waals surface area contributed by atoms with E-state index in [4.69, 9.17) is 21.1 Å². The molecule has 3 rings (SSSR count). The van der Waals surface area contributed by atoms with Crippen molar-refractivity contribution in [3.8, 4) is 0 Å². The molecule has 22 heavy (non-hydrogen) atoms. The Morgan fingerprint density at radius 2 is 1.64 bits per heavy atom. The van der Waals surface area contributed by atoms with E-state index in [-0.39, 0.29) is 23.4 Å². The molecule has 0 unspecified atom stereocenters. The van der Waals surface area contributed by atoms with Gasteiger partial charge in [-0.1, -0.05) is 11.6 Å². The van der Waals surface area contributed by atoms with Crippen molar-refractivity contribution in [2.45, 2.75) is 43.2 Å². The first kappa shape index (κ1) is 16.1. The van der Waals surface area contributed by atoms with Crippen LogP contribution in [0.3, 0.4) is 0 Å². The van der Waals surface area contributed by atoms with Crippen LogP contribution in [0.4, 0.5) is 13.2 Å². The van der Waals surface area contributed by atoms with E-state index in [2.05, 4.69) is 0 Å². The number of ether oxygens (including phenoxy) is 2. The zero-order chi connectivity index (χ0) is 16.0. The number of rotatable bonds is 1. The van der Waals surface area contributed by atoms with E-state index < -0.39 is 23.1 Å². The fraction of sp³-hybridized carbons (Fsp3) is 0.600. The smallest absolute Gasteiger partial charge is 0.385 e. The SMILES string of the molecule is OC1(c2cc(C(F)(F)F)ccc2Cl)CCC2(CC1)OCCO2. The standard InChI is InChI=1S/C15H16ClF3O3/c16-12-2-1-10(15(17,18)19)9-11(12)13(20)3-5-14(6-4-13)21-7-8-22-14/h1-2,9,20H,3-8H2. The number of benzene rings is 1. The maximum atomic E-state index is 12.9. The Balaban J connectivity index is 1.87. The lowest BCUT2D eigenvalue weighted by Gasteiger charge is -2.41. The zero-order valence-corrected chi connectivity index (χ0v) is 12.5. The third-order valence-electron chi connectivity index (χ3n) is 4.45. The number of aliphatic hydroxyl groups is 1. The fourth-order valence-electron chi connectivity index (χ4n) is 3.16. The van der Waals surface area contributed by atoms with Crippen molar-refractivity contribution in [3.63, 3.8) is 0 Å². The summed E-state index contributed by atoms with van der Waals surface area (Å²) >= 11 is 6.03. The Morgan fingerprint density at radius 3 is 2.18 bits per heavy atom. The molecule has 1 aromatic carbocycles. The largest absolute Gasteiger partial charge is 0.416 e. The minimum atomic E-state index is -4.47. The highest BCUT2D eigenvalue weighted by Crippen LogP contribution is 2.47. The van der Waals surface area contributed by atoms with Gasteiger partial charge >= 0.3 is 6.18 Å². The molecule has 1 N–H and O–H groups in total. The lowest BCUT2D eigenvalue weighted by molar-refractivity contribution is -0.204. The average molecular weight is 337 g/mol. The van der Waals surface area contributed by atoms with E-state index in [0.717, 1.165) is 12.1 Å². The molecule has 0 bridgehead atoms. The maximum absolute atomic E-state index is 12.9. The first-order chi connectivity index (χ1) is 10.2. The third-order valence-corrected chi connectivity index (χ3v) is 4.78. The fourth-order valence-corrected chi connectivity index (χ4v) is 3.45. The van der Waals surface area contributed by atoms with Crippen molar-refractivity contribution in [2.24, 2.45) is 0 Å². The summed E-state index contributed by atoms with van der Waals surface area (Å²) in [4.78, 5) is 0. The highest BCUT2D eigenvalue weighted by molar-refractivity contribution is 6.31. The number of halogens is 4. The van der Waals surface area contributed by atoms with Crippen LogP contribution < -0.4 is 0 Å². The average Bonchev–Trinajstić information content (AvgIpc) is 2.91. The van der Waals surface area contributed by atoms with Crippen molar-refractivity contribution in [2.75, 3.05) is 13.2 Å². The first-order valence-electron chi connectivity index (χ1n) is 7.12. The number of alkyl halides is 3. The van der Waals surface area contributed by atoms with Gasteiger partial charge in [0.05, 0.1) is 24.4 Å². The van der Waals surface area contributed by atoms with Gasteiger partial charge in [0, 0.05) is 23.4 Å². The molecular formula is C15H16ClF3O3. The number of hydrogen-bond donors (Lipinski definition) is 1. The van der Waals surface area contributed by atoms with Crippen LogP contribution in [0.15, 0.2) is 18.2 Å². The second-order valence-corrected chi connectivity index (χ2v) is 6.24. The van der Waals surface area contributed by atoms with E-state index in [9.17, 15) is 18.3 Å². The van der Waals surface area contributed by atoms with Gasteiger partial charge in [0.15, 0.2) is 5.79 Å². The molecular weight excluding hydrogens is 321 g/mol. The predicted molar refractivity (Wildman–Crippen MR) is 73.5 cm³/mol. The van der Waals surface area contributed by atoms with Crippen LogP contribution in [0.1, 0.15) is 36.8 Å². The molecule has 1 aliphatic carbocycles. The second kappa shape index (κ2) is 5.37. The van der Waals surface area contributed by atoms with Gasteiger partial charge in [0.25, 0.3) is 0 Å². The quantitative estimate of drug-likeness (QED) is 0.846. The van der Waals surface area contributed by atoms with Gasteiger partial charge in [-0.2, -0.15) is 13.2 Å². The van der Waals surface area contributed by atoms with Crippen LogP contribution in [0.2, 0.25) is 5.02 Å². The molecule has 3 nitrogen and oxygen atoms in total. The van der Waals surface area contributed by atoms with E-state index in [1.165, 1.54) is 6.07 Å². The van der Waals surface area contributed by atoms with Gasteiger partial charge in [-0.15, -0.1) is 0 Å². The summed E-state index contributed by atoms with van der Waals surface area (Å²) in [7, 11) is 0. The maximum Gasteiger partial charge on any atom is 0.416 e. The van der Waals surface area contributed by atoms with E-state index in [1.54, 1.807) is 0 Å². The minimum Gasteiger partial charge on any atom is -0.385 e. The van der Waals surface area contributed by atoms with Crippen molar-refractivity contribution < 1.29 is 27.8 Å². The van der Waals surface area contributed by atoms with Gasteiger partial charge in [-0.25, -0.2) is 0 Å². The molecule has 0 atom stereocenters. The van der Waals surface area contributed by atoms with E-state index >= 15 is 0 Å². The number of hydrogen-bond acceptors (Lipinski definition) is 3. The lowest BCUT2D eigenvalue weighted by atomic mass is 9.76. The van der Waals surface area contributed by atoms with Gasteiger partial charge < -0.3 is 14.6 Å². The molecule has 2 aliphatic rings. The molecule has 0 amide bonds. The van der Waals surface area contributed by atoms with Gasteiger partial charge in [0.1, 0.15) is 0 Å². The topological polar surface area (TPSA) is 38.7 Å². The monoisotopic (exact) mass is 336 g/mol. The summed E-state index contributed by atoms with van der Waals surface area (Å²) in [6, 6.07) is 3.05. The van der Waals surface area contributed by atoms with Crippen LogP contribution in [-0.4, -0.2) is 24.1 Å². The van der Waals surface area contributed by atoms with Gasteiger partial charge in [0.2, 0.25) is 0 Å². The summed E-state index contributed by atoms with van der Waals surface area (Å²) in [6.07, 6.45) is -3.13. The summed E-state index contributed by atoms with van der Waals surface area (Å²) in [5.74, 6) is -0.694. The summed E-state index contributed by atoms with van der Waals surface area (Å²) in [5.41, 5.74) is -2.08. The molecule has 1 aliphatic heterocycles. The summed E-state index contributed by atoms with van der Waals surface area (Å²) in [6.45, 7) is 1.01. The Labute approximate surface area is 131 Å². The van der Waals surface area contributed by atoms with Gasteiger partial charge in [-0.3, -0.25) is 0 Å². The highest BCUT2D eigenvalue weighted by atomic mass is 35.5. The molecule has 0 aromatic heterocycles. The normalized spacial score (nSPS) is 23.9. The molecule has 7 heteroatoms. The van der Waals surface area contributed by atoms with Crippen molar-refractivity contribution in [3.05, 3.63) is 34.3 Å². The Morgan fingerprint density at radius 1 is 1.05 bits per heavy atom. The predicted octanol–water partition coefficient (Wildman–Crippen LogP) is 3.86. The Hall–Kier alpha value is -0.820. The van der Waals surface area contributed by atoms with E-state index in [1.807, 2.05) is 0 Å². The Kier molecular flexibility index (Phi) is 3.92. The molecule has 1 spiro atoms. The summed E-state index contributed by atoms with van der Waals surface area (Å²) < 4.78 is 49.7. The highest BCUT2D eigenvalue weighted by Gasteiger charge is 2.47. The Bertz CT molecular complexity index is 558. The van der Waals surface area contributed by atoms with E-state index in [0.29, 0.717) is 26.1 Å². The summed E-state index contributed by atoms with van der Waals surface area (Å²) in [5, 5.41) is 10.9. The van der Waals surface area contributed by atoms with Crippen molar-refractivity contribution >= 4 is 11.6 Å². The third kappa shape index (κ3) is 2.85. The molecule has 2 fully saturated rings. The molecule has 1 saturated carbocycles. The van der Waals surface area contributed by atoms with Crippen LogP contribution in [0.5, 0.6) is 0 Å². The molecule has 0 radical (unpaired) electrons. The van der Waals surface area contributed by atoms with Crippen LogP contribution in [-0.2, 0) is 21.3 Å². The van der Waals surface area contributed by atoms with Crippen molar-refractivity contribution in [1.29, 1.82) is 0 Å². The molecule has 1 aromatic rings.